The molecule has 4 nitrogen and oxygen atoms in total. The minimum absolute atomic E-state index is 0. The van der Waals surface area contributed by atoms with Crippen LogP contribution in [0.15, 0.2) is 72.8 Å². The van der Waals surface area contributed by atoms with Gasteiger partial charge in [-0.1, -0.05) is 73.1 Å². The molecule has 30 heavy (non-hydrogen) atoms. The molecule has 3 aromatic carbocycles. The molecule has 0 radical (unpaired) electrons. The zero-order chi connectivity index (χ0) is 20.8. The van der Waals surface area contributed by atoms with Crippen LogP contribution in [0, 0.1) is 0 Å². The van der Waals surface area contributed by atoms with E-state index >= 15 is 0 Å². The molecule has 4 N–H and O–H groups in total. The Morgan fingerprint density at radius 2 is 1.67 bits per heavy atom. The van der Waals surface area contributed by atoms with Gasteiger partial charge in [-0.15, -0.1) is 12.4 Å². The Labute approximate surface area is 188 Å². The number of rotatable bonds is 8. The molecule has 3 unspecified atom stereocenters. The van der Waals surface area contributed by atoms with Gasteiger partial charge in [-0.05, 0) is 40.5 Å². The molecule has 0 aliphatic heterocycles. The maximum absolute atomic E-state index is 10.3. The summed E-state index contributed by atoms with van der Waals surface area (Å²) in [4.78, 5) is 0. The monoisotopic (exact) mass is 447 g/mol. The second-order valence-electron chi connectivity index (χ2n) is 7.16. The molecule has 3 aromatic rings. The molecule has 0 heterocycles. The van der Waals surface area contributed by atoms with Gasteiger partial charge in [0.1, 0.15) is 12.4 Å². The van der Waals surface area contributed by atoms with Crippen molar-refractivity contribution in [1.29, 1.82) is 0 Å². The van der Waals surface area contributed by atoms with Crippen molar-refractivity contribution in [1.82, 2.24) is 0 Å². The zero-order valence-electron chi connectivity index (χ0n) is 16.7. The topological polar surface area (TPSA) is 75.7 Å². The Hall–Kier alpha value is -2.08. The van der Waals surface area contributed by atoms with E-state index in [4.69, 9.17) is 22.1 Å². The maximum Gasteiger partial charge on any atom is 0.120 e. The van der Waals surface area contributed by atoms with E-state index in [9.17, 15) is 10.2 Å². The summed E-state index contributed by atoms with van der Waals surface area (Å²) in [5, 5.41) is 20.0. The predicted molar refractivity (Wildman–Crippen MR) is 124 cm³/mol. The summed E-state index contributed by atoms with van der Waals surface area (Å²) in [6.45, 7) is 2.07. The normalized spacial score (nSPS) is 13.8. The smallest absolute Gasteiger partial charge is 0.120 e. The molecule has 0 fully saturated rings. The Bertz CT molecular complexity index is 937. The Kier molecular flexibility index (Phi) is 9.15. The number of aliphatic hydroxyl groups is 2. The summed E-state index contributed by atoms with van der Waals surface area (Å²) in [5.74, 6) is 0.489. The standard InChI is InChI=1S/C24H26ClNO3.ClH/c1-16(24(28)23(26)14-27)21-11-10-19(13-22(21)25)18-8-5-9-20(12-18)29-15-17-6-3-2-4-7-17;/h2-13,16,23-24,27-28H,14-15,26H2,1H3;1H. The van der Waals surface area contributed by atoms with Crippen molar-refractivity contribution in [2.75, 3.05) is 6.61 Å². The molecule has 0 aromatic heterocycles. The van der Waals surface area contributed by atoms with Gasteiger partial charge in [0.2, 0.25) is 0 Å². The summed E-state index contributed by atoms with van der Waals surface area (Å²) in [5.41, 5.74) is 9.61. The highest BCUT2D eigenvalue weighted by atomic mass is 35.5. The lowest BCUT2D eigenvalue weighted by Crippen LogP contribution is -2.41. The van der Waals surface area contributed by atoms with Crippen LogP contribution in [0.1, 0.15) is 24.0 Å². The first-order valence-electron chi connectivity index (χ1n) is 9.60. The number of ether oxygens (including phenoxy) is 1. The van der Waals surface area contributed by atoms with E-state index in [-0.39, 0.29) is 24.9 Å². The molecular formula is C24H27Cl2NO3. The van der Waals surface area contributed by atoms with Gasteiger partial charge in [-0.3, -0.25) is 0 Å². The molecule has 0 saturated carbocycles. The quantitative estimate of drug-likeness (QED) is 0.463. The summed E-state index contributed by atoms with van der Waals surface area (Å²) in [6.07, 6.45) is -0.877. The van der Waals surface area contributed by atoms with Crippen LogP contribution >= 0.6 is 24.0 Å². The van der Waals surface area contributed by atoms with Crippen LogP contribution in [0.5, 0.6) is 5.75 Å². The van der Waals surface area contributed by atoms with Gasteiger partial charge in [-0.25, -0.2) is 0 Å². The van der Waals surface area contributed by atoms with E-state index in [2.05, 4.69) is 0 Å². The van der Waals surface area contributed by atoms with Crippen molar-refractivity contribution in [2.24, 2.45) is 5.73 Å². The van der Waals surface area contributed by atoms with Gasteiger partial charge < -0.3 is 20.7 Å². The van der Waals surface area contributed by atoms with Gasteiger partial charge >= 0.3 is 0 Å². The average Bonchev–Trinajstić information content (AvgIpc) is 2.77. The molecule has 6 heteroatoms. The number of benzene rings is 3. The molecule has 0 spiro atoms. The Morgan fingerprint density at radius 3 is 2.33 bits per heavy atom. The number of aliphatic hydroxyl groups excluding tert-OH is 2. The van der Waals surface area contributed by atoms with E-state index in [1.54, 1.807) is 0 Å². The SMILES string of the molecule is CC(c1ccc(-c2cccc(OCc3ccccc3)c2)cc1Cl)C(O)C(N)CO.Cl. The third-order valence-electron chi connectivity index (χ3n) is 5.07. The second kappa shape index (κ2) is 11.3. The first-order chi connectivity index (χ1) is 14.0. The highest BCUT2D eigenvalue weighted by Gasteiger charge is 2.24. The maximum atomic E-state index is 10.3. The van der Waals surface area contributed by atoms with Crippen molar-refractivity contribution in [3.05, 3.63) is 88.9 Å². The van der Waals surface area contributed by atoms with Crippen LogP contribution in [-0.2, 0) is 6.61 Å². The first-order valence-corrected chi connectivity index (χ1v) is 9.98. The van der Waals surface area contributed by atoms with Crippen molar-refractivity contribution in [3.63, 3.8) is 0 Å². The fourth-order valence-corrected chi connectivity index (χ4v) is 3.60. The highest BCUT2D eigenvalue weighted by molar-refractivity contribution is 6.31. The molecule has 160 valence electrons. The third-order valence-corrected chi connectivity index (χ3v) is 5.40. The van der Waals surface area contributed by atoms with Gasteiger partial charge in [0.05, 0.1) is 18.8 Å². The van der Waals surface area contributed by atoms with E-state index in [0.717, 1.165) is 28.0 Å². The van der Waals surface area contributed by atoms with Crippen molar-refractivity contribution in [2.45, 2.75) is 31.6 Å². The zero-order valence-corrected chi connectivity index (χ0v) is 18.3. The van der Waals surface area contributed by atoms with Crippen LogP contribution in [0.3, 0.4) is 0 Å². The van der Waals surface area contributed by atoms with Crippen molar-refractivity contribution < 1.29 is 14.9 Å². The van der Waals surface area contributed by atoms with E-state index in [1.807, 2.05) is 79.7 Å². The number of hydrogen-bond acceptors (Lipinski definition) is 4. The lowest BCUT2D eigenvalue weighted by Gasteiger charge is -2.24. The molecule has 0 saturated heterocycles. The molecule has 0 amide bonds. The van der Waals surface area contributed by atoms with Gasteiger partial charge in [0.25, 0.3) is 0 Å². The molecule has 3 rings (SSSR count). The van der Waals surface area contributed by atoms with Crippen LogP contribution in [0.2, 0.25) is 5.02 Å². The van der Waals surface area contributed by atoms with Gasteiger partial charge in [0.15, 0.2) is 0 Å². The van der Waals surface area contributed by atoms with E-state index < -0.39 is 12.1 Å². The summed E-state index contributed by atoms with van der Waals surface area (Å²) in [6, 6.07) is 22.9. The van der Waals surface area contributed by atoms with Gasteiger partial charge in [-0.2, -0.15) is 0 Å². The molecule has 3 atom stereocenters. The lowest BCUT2D eigenvalue weighted by molar-refractivity contribution is 0.0900. The van der Waals surface area contributed by atoms with Crippen LogP contribution in [0.4, 0.5) is 0 Å². The predicted octanol–water partition coefficient (Wildman–Crippen LogP) is 4.79. The highest BCUT2D eigenvalue weighted by Crippen LogP contribution is 2.33. The minimum atomic E-state index is -0.877. The van der Waals surface area contributed by atoms with Crippen LogP contribution < -0.4 is 10.5 Å². The molecule has 0 aliphatic carbocycles. The lowest BCUT2D eigenvalue weighted by atomic mass is 9.90. The third kappa shape index (κ3) is 5.97. The Balaban J connectivity index is 0.00000320. The fourth-order valence-electron chi connectivity index (χ4n) is 3.25. The fraction of sp³-hybridized carbons (Fsp3) is 0.250. The first kappa shape index (κ1) is 24.2. The number of halogens is 2. The number of nitrogens with two attached hydrogens (primary N) is 1. The molecular weight excluding hydrogens is 421 g/mol. The van der Waals surface area contributed by atoms with E-state index in [1.165, 1.54) is 0 Å². The van der Waals surface area contributed by atoms with E-state index in [0.29, 0.717) is 11.6 Å². The summed E-state index contributed by atoms with van der Waals surface area (Å²) >= 11 is 6.50. The summed E-state index contributed by atoms with van der Waals surface area (Å²) < 4.78 is 5.91. The average molecular weight is 448 g/mol. The van der Waals surface area contributed by atoms with Gasteiger partial charge in [0, 0.05) is 10.9 Å². The largest absolute Gasteiger partial charge is 0.489 e. The number of hydrogen-bond donors (Lipinski definition) is 3. The van der Waals surface area contributed by atoms with Crippen molar-refractivity contribution >= 4 is 24.0 Å². The molecule has 0 aliphatic rings. The Morgan fingerprint density at radius 1 is 0.967 bits per heavy atom. The molecule has 0 bridgehead atoms. The van der Waals surface area contributed by atoms with Crippen molar-refractivity contribution in [3.8, 4) is 16.9 Å². The van der Waals surface area contributed by atoms with Crippen LogP contribution in [0.25, 0.3) is 11.1 Å². The minimum Gasteiger partial charge on any atom is -0.489 e. The second-order valence-corrected chi connectivity index (χ2v) is 7.57. The van der Waals surface area contributed by atoms with Crippen LogP contribution in [-0.4, -0.2) is 29.0 Å². The summed E-state index contributed by atoms with van der Waals surface area (Å²) in [7, 11) is 0.